The van der Waals surface area contributed by atoms with Crippen LogP contribution in [-0.4, -0.2) is 34.3 Å². The molecule has 1 fully saturated rings. The summed E-state index contributed by atoms with van der Waals surface area (Å²) in [5.74, 6) is 0. The number of benzene rings is 1. The molecule has 0 amide bonds. The molecule has 1 atom stereocenters. The van der Waals surface area contributed by atoms with Gasteiger partial charge in [0.2, 0.25) is 10.0 Å². The van der Waals surface area contributed by atoms with E-state index in [0.29, 0.717) is 19.8 Å². The van der Waals surface area contributed by atoms with E-state index in [-0.39, 0.29) is 11.0 Å². The Hall–Kier alpha value is -0.950. The molecule has 0 spiro atoms. The van der Waals surface area contributed by atoms with Gasteiger partial charge in [-0.2, -0.15) is 0 Å². The van der Waals surface area contributed by atoms with Crippen LogP contribution in [0.1, 0.15) is 25.3 Å². The van der Waals surface area contributed by atoms with E-state index in [4.69, 9.17) is 9.47 Å². The minimum absolute atomic E-state index is 0.00335. The topological polar surface area (TPSA) is 64.6 Å². The quantitative estimate of drug-likeness (QED) is 0.832. The molecule has 0 unspecified atom stereocenters. The predicted molar refractivity (Wildman–Crippen MR) is 75.9 cm³/mol. The summed E-state index contributed by atoms with van der Waals surface area (Å²) in [6.07, 6.45) is 1.90. The van der Waals surface area contributed by atoms with Gasteiger partial charge >= 0.3 is 0 Å². The Morgan fingerprint density at radius 2 is 2.30 bits per heavy atom. The second-order valence-electron chi connectivity index (χ2n) is 4.77. The third-order valence-electron chi connectivity index (χ3n) is 3.21. The number of hydrogen-bond donors (Lipinski definition) is 1. The van der Waals surface area contributed by atoms with E-state index >= 15 is 0 Å². The molecule has 5 nitrogen and oxygen atoms in total. The zero-order valence-corrected chi connectivity index (χ0v) is 12.5. The van der Waals surface area contributed by atoms with Crippen LogP contribution in [0.25, 0.3) is 0 Å². The van der Waals surface area contributed by atoms with Crippen molar-refractivity contribution in [2.45, 2.75) is 37.4 Å². The van der Waals surface area contributed by atoms with E-state index in [9.17, 15) is 8.42 Å². The molecule has 1 heterocycles. The molecule has 1 N–H and O–H groups in total. The van der Waals surface area contributed by atoms with Crippen molar-refractivity contribution in [3.05, 3.63) is 29.8 Å². The molecule has 0 aliphatic carbocycles. The molecule has 1 saturated heterocycles. The molecule has 112 valence electrons. The normalized spacial score (nSPS) is 19.4. The van der Waals surface area contributed by atoms with Gasteiger partial charge in [0, 0.05) is 19.8 Å². The van der Waals surface area contributed by atoms with Crippen LogP contribution >= 0.6 is 0 Å². The highest BCUT2D eigenvalue weighted by atomic mass is 32.2. The Morgan fingerprint density at radius 3 is 3.00 bits per heavy atom. The van der Waals surface area contributed by atoms with Crippen LogP contribution in [-0.2, 0) is 26.1 Å². The first kappa shape index (κ1) is 15.4. The van der Waals surface area contributed by atoms with Gasteiger partial charge in [-0.25, -0.2) is 13.1 Å². The largest absolute Gasteiger partial charge is 0.377 e. The van der Waals surface area contributed by atoms with Crippen LogP contribution in [0.2, 0.25) is 0 Å². The van der Waals surface area contributed by atoms with Gasteiger partial charge in [-0.15, -0.1) is 0 Å². The highest BCUT2D eigenvalue weighted by Crippen LogP contribution is 2.15. The molecular formula is C14H21NO4S. The fraction of sp³-hybridized carbons (Fsp3) is 0.571. The third-order valence-corrected chi connectivity index (χ3v) is 4.63. The summed E-state index contributed by atoms with van der Waals surface area (Å²) in [7, 11) is -3.48. The standard InChI is InChI=1S/C14H21NO4S/c1-2-18-11-12-5-3-7-14(9-12)20(16,17)15-10-13-6-4-8-19-13/h3,5,7,9,13,15H,2,4,6,8,10-11H2,1H3/t13-/m0/s1. The number of sulfonamides is 1. The molecule has 2 rings (SSSR count). The molecular weight excluding hydrogens is 278 g/mol. The van der Waals surface area contributed by atoms with Crippen molar-refractivity contribution in [2.24, 2.45) is 0 Å². The summed E-state index contributed by atoms with van der Waals surface area (Å²) in [5.41, 5.74) is 0.854. The van der Waals surface area contributed by atoms with Gasteiger partial charge in [-0.1, -0.05) is 12.1 Å². The number of rotatable bonds is 7. The van der Waals surface area contributed by atoms with Crippen molar-refractivity contribution >= 4 is 10.0 Å². The molecule has 1 aromatic carbocycles. The lowest BCUT2D eigenvalue weighted by Crippen LogP contribution is -2.31. The van der Waals surface area contributed by atoms with Crippen molar-refractivity contribution < 1.29 is 17.9 Å². The van der Waals surface area contributed by atoms with Crippen molar-refractivity contribution in [3.8, 4) is 0 Å². The Kier molecular flexibility index (Phi) is 5.54. The maximum absolute atomic E-state index is 12.2. The van der Waals surface area contributed by atoms with Crippen LogP contribution in [0.3, 0.4) is 0 Å². The number of hydrogen-bond acceptors (Lipinski definition) is 4. The average Bonchev–Trinajstić information content (AvgIpc) is 2.97. The summed E-state index contributed by atoms with van der Waals surface area (Å²) in [6, 6.07) is 6.82. The summed E-state index contributed by atoms with van der Waals surface area (Å²) >= 11 is 0. The second kappa shape index (κ2) is 7.17. The van der Waals surface area contributed by atoms with Gasteiger partial charge in [-0.05, 0) is 37.5 Å². The maximum atomic E-state index is 12.2. The van der Waals surface area contributed by atoms with Crippen LogP contribution < -0.4 is 4.72 Å². The number of nitrogens with one attached hydrogen (secondary N) is 1. The molecule has 1 aliphatic rings. The van der Waals surface area contributed by atoms with Crippen LogP contribution in [0.15, 0.2) is 29.2 Å². The van der Waals surface area contributed by atoms with E-state index in [1.165, 1.54) is 0 Å². The zero-order chi connectivity index (χ0) is 14.4. The minimum atomic E-state index is -3.48. The predicted octanol–water partition coefficient (Wildman–Crippen LogP) is 1.68. The number of ether oxygens (including phenoxy) is 2. The average molecular weight is 299 g/mol. The first-order valence-corrected chi connectivity index (χ1v) is 8.38. The molecule has 20 heavy (non-hydrogen) atoms. The zero-order valence-electron chi connectivity index (χ0n) is 11.7. The van der Waals surface area contributed by atoms with Crippen molar-refractivity contribution in [1.29, 1.82) is 0 Å². The molecule has 0 aromatic heterocycles. The maximum Gasteiger partial charge on any atom is 0.240 e. The van der Waals surface area contributed by atoms with Crippen molar-refractivity contribution in [3.63, 3.8) is 0 Å². The Morgan fingerprint density at radius 1 is 1.45 bits per heavy atom. The molecule has 0 radical (unpaired) electrons. The van der Waals surface area contributed by atoms with Gasteiger partial charge in [0.25, 0.3) is 0 Å². The summed E-state index contributed by atoms with van der Waals surface area (Å²) in [6.45, 7) is 3.98. The second-order valence-corrected chi connectivity index (χ2v) is 6.54. The minimum Gasteiger partial charge on any atom is -0.377 e. The molecule has 0 saturated carbocycles. The highest BCUT2D eigenvalue weighted by molar-refractivity contribution is 7.89. The van der Waals surface area contributed by atoms with Gasteiger partial charge in [0.05, 0.1) is 17.6 Å². The first-order valence-electron chi connectivity index (χ1n) is 6.90. The summed E-state index contributed by atoms with van der Waals surface area (Å²) in [4.78, 5) is 0.271. The summed E-state index contributed by atoms with van der Waals surface area (Å²) < 4.78 is 37.7. The van der Waals surface area contributed by atoms with Crippen LogP contribution in [0.5, 0.6) is 0 Å². The van der Waals surface area contributed by atoms with Crippen molar-refractivity contribution in [1.82, 2.24) is 4.72 Å². The van der Waals surface area contributed by atoms with E-state index in [0.717, 1.165) is 25.0 Å². The van der Waals surface area contributed by atoms with Crippen LogP contribution in [0, 0.1) is 0 Å². The van der Waals surface area contributed by atoms with E-state index in [2.05, 4.69) is 4.72 Å². The lowest BCUT2D eigenvalue weighted by molar-refractivity contribution is 0.114. The fourth-order valence-electron chi connectivity index (χ4n) is 2.11. The van der Waals surface area contributed by atoms with Gasteiger partial charge in [0.1, 0.15) is 0 Å². The molecule has 6 heteroatoms. The Balaban J connectivity index is 2.00. The smallest absolute Gasteiger partial charge is 0.240 e. The van der Waals surface area contributed by atoms with Crippen molar-refractivity contribution in [2.75, 3.05) is 19.8 Å². The van der Waals surface area contributed by atoms with Gasteiger partial charge in [-0.3, -0.25) is 0 Å². The molecule has 1 aromatic rings. The Labute approximate surface area is 120 Å². The highest BCUT2D eigenvalue weighted by Gasteiger charge is 2.20. The SMILES string of the molecule is CCOCc1cccc(S(=O)(=O)NC[C@@H]2CCCO2)c1. The first-order chi connectivity index (χ1) is 9.62. The fourth-order valence-corrected chi connectivity index (χ4v) is 3.25. The molecule has 0 bridgehead atoms. The van der Waals surface area contributed by atoms with E-state index in [1.807, 2.05) is 13.0 Å². The molecule has 1 aliphatic heterocycles. The lowest BCUT2D eigenvalue weighted by Gasteiger charge is -2.12. The van der Waals surface area contributed by atoms with Gasteiger partial charge < -0.3 is 9.47 Å². The summed E-state index contributed by atoms with van der Waals surface area (Å²) in [5, 5.41) is 0. The Bertz CT molecular complexity index is 524. The van der Waals surface area contributed by atoms with Crippen LogP contribution in [0.4, 0.5) is 0 Å². The van der Waals surface area contributed by atoms with Gasteiger partial charge in [0.15, 0.2) is 0 Å². The van der Waals surface area contributed by atoms with E-state index < -0.39 is 10.0 Å². The lowest BCUT2D eigenvalue weighted by atomic mass is 10.2. The van der Waals surface area contributed by atoms with E-state index in [1.54, 1.807) is 18.2 Å². The monoisotopic (exact) mass is 299 g/mol. The third kappa shape index (κ3) is 4.28.